The Labute approximate surface area is 114 Å². The molecule has 1 aromatic rings. The molecule has 0 heterocycles. The molecule has 112 valence electrons. The summed E-state index contributed by atoms with van der Waals surface area (Å²) >= 11 is 0. The van der Waals surface area contributed by atoms with Crippen molar-refractivity contribution in [3.05, 3.63) is 23.8 Å². The molecule has 4 nitrogen and oxygen atoms in total. The highest BCUT2D eigenvalue weighted by Gasteiger charge is 2.25. The van der Waals surface area contributed by atoms with Crippen LogP contribution in [-0.2, 0) is 0 Å². The Balaban J connectivity index is 2.40. The van der Waals surface area contributed by atoms with Gasteiger partial charge in [0.05, 0.1) is 12.7 Å². The molecule has 0 unspecified atom stereocenters. The van der Waals surface area contributed by atoms with Gasteiger partial charge in [0.1, 0.15) is 11.5 Å². The van der Waals surface area contributed by atoms with Crippen LogP contribution in [0.3, 0.4) is 0 Å². The second-order valence-corrected chi connectivity index (χ2v) is 4.21. The minimum atomic E-state index is -4.17. The van der Waals surface area contributed by atoms with Crippen molar-refractivity contribution in [1.82, 2.24) is 5.32 Å². The molecule has 1 aromatic carbocycles. The number of aromatic hydroxyl groups is 1. The first kappa shape index (κ1) is 16.1. The van der Waals surface area contributed by atoms with E-state index in [0.29, 0.717) is 5.75 Å². The number of halogens is 3. The second kappa shape index (κ2) is 7.02. The van der Waals surface area contributed by atoms with Crippen molar-refractivity contribution in [3.63, 3.8) is 0 Å². The lowest BCUT2D eigenvalue weighted by molar-refractivity contribution is -0.135. The molecule has 0 aromatic heterocycles. The van der Waals surface area contributed by atoms with Crippen molar-refractivity contribution in [2.45, 2.75) is 25.4 Å². The van der Waals surface area contributed by atoms with E-state index in [1.807, 2.05) is 0 Å². The SMILES string of the molecule is COc1ccc(C(=O)NCCCCC(F)(F)F)c(O)c1. The molecule has 0 aliphatic heterocycles. The standard InChI is InChI=1S/C13H16F3NO3/c1-20-9-4-5-10(11(18)8-9)12(19)17-7-3-2-6-13(14,15)16/h4-5,8,18H,2-3,6-7H2,1H3,(H,17,19). The van der Waals surface area contributed by atoms with Gasteiger partial charge in [0, 0.05) is 19.0 Å². The normalized spacial score (nSPS) is 11.2. The number of carbonyl (C=O) groups excluding carboxylic acids is 1. The lowest BCUT2D eigenvalue weighted by Gasteiger charge is -2.09. The molecule has 0 aliphatic rings. The number of hydrogen-bond donors (Lipinski definition) is 2. The molecular formula is C13H16F3NO3. The average Bonchev–Trinajstić information content (AvgIpc) is 2.36. The molecule has 0 saturated heterocycles. The summed E-state index contributed by atoms with van der Waals surface area (Å²) in [5.41, 5.74) is 0.0571. The van der Waals surface area contributed by atoms with Crippen molar-refractivity contribution in [1.29, 1.82) is 0 Å². The summed E-state index contributed by atoms with van der Waals surface area (Å²) in [6.07, 6.45) is -4.85. The highest BCUT2D eigenvalue weighted by Crippen LogP contribution is 2.23. The number of alkyl halides is 3. The van der Waals surface area contributed by atoms with Crippen LogP contribution < -0.4 is 10.1 Å². The topological polar surface area (TPSA) is 58.6 Å². The minimum absolute atomic E-state index is 0.0433. The van der Waals surface area contributed by atoms with Crippen molar-refractivity contribution in [3.8, 4) is 11.5 Å². The van der Waals surface area contributed by atoms with E-state index in [-0.39, 0.29) is 30.7 Å². The van der Waals surface area contributed by atoms with Gasteiger partial charge >= 0.3 is 6.18 Å². The van der Waals surface area contributed by atoms with E-state index in [9.17, 15) is 23.1 Å². The largest absolute Gasteiger partial charge is 0.507 e. The number of ether oxygens (including phenoxy) is 1. The van der Waals surface area contributed by atoms with Crippen LogP contribution in [-0.4, -0.2) is 30.8 Å². The molecule has 0 bridgehead atoms. The Morgan fingerprint density at radius 1 is 1.35 bits per heavy atom. The smallest absolute Gasteiger partial charge is 0.389 e. The Kier molecular flexibility index (Phi) is 5.66. The number of rotatable bonds is 6. The maximum atomic E-state index is 11.9. The van der Waals surface area contributed by atoms with Gasteiger partial charge in [-0.3, -0.25) is 4.79 Å². The Hall–Kier alpha value is -1.92. The van der Waals surface area contributed by atoms with Crippen LogP contribution in [0.4, 0.5) is 13.2 Å². The molecule has 1 amide bonds. The van der Waals surface area contributed by atoms with Crippen LogP contribution in [0.25, 0.3) is 0 Å². The summed E-state index contributed by atoms with van der Waals surface area (Å²) in [5.74, 6) is -0.362. The average molecular weight is 291 g/mol. The highest BCUT2D eigenvalue weighted by atomic mass is 19.4. The van der Waals surface area contributed by atoms with E-state index in [4.69, 9.17) is 4.74 Å². The third-order valence-corrected chi connectivity index (χ3v) is 2.62. The number of hydrogen-bond acceptors (Lipinski definition) is 3. The van der Waals surface area contributed by atoms with Crippen LogP contribution in [0.5, 0.6) is 11.5 Å². The van der Waals surface area contributed by atoms with Gasteiger partial charge in [-0.25, -0.2) is 0 Å². The lowest BCUT2D eigenvalue weighted by atomic mass is 10.1. The number of amides is 1. The van der Waals surface area contributed by atoms with Crippen molar-refractivity contribution in [2.24, 2.45) is 0 Å². The number of phenols is 1. The number of benzene rings is 1. The van der Waals surface area contributed by atoms with Crippen LogP contribution >= 0.6 is 0 Å². The zero-order chi connectivity index (χ0) is 15.2. The predicted octanol–water partition coefficient (Wildman–Crippen LogP) is 2.86. The summed E-state index contributed by atoms with van der Waals surface area (Å²) in [5, 5.41) is 12.1. The summed E-state index contributed by atoms with van der Waals surface area (Å²) < 4.78 is 40.6. The minimum Gasteiger partial charge on any atom is -0.507 e. The Bertz CT molecular complexity index is 461. The molecule has 2 N–H and O–H groups in total. The van der Waals surface area contributed by atoms with Gasteiger partial charge in [0.2, 0.25) is 0 Å². The van der Waals surface area contributed by atoms with Gasteiger partial charge in [0.25, 0.3) is 5.91 Å². The molecular weight excluding hydrogens is 275 g/mol. The predicted molar refractivity (Wildman–Crippen MR) is 66.9 cm³/mol. The van der Waals surface area contributed by atoms with Gasteiger partial charge in [0.15, 0.2) is 0 Å². The number of nitrogens with one attached hydrogen (secondary N) is 1. The van der Waals surface area contributed by atoms with E-state index >= 15 is 0 Å². The van der Waals surface area contributed by atoms with Gasteiger partial charge < -0.3 is 15.2 Å². The first-order valence-corrected chi connectivity index (χ1v) is 6.05. The Morgan fingerprint density at radius 2 is 2.05 bits per heavy atom. The lowest BCUT2D eigenvalue weighted by Crippen LogP contribution is -2.24. The molecule has 0 spiro atoms. The fraction of sp³-hybridized carbons (Fsp3) is 0.462. The molecule has 0 aliphatic carbocycles. The number of unbranched alkanes of at least 4 members (excludes halogenated alkanes) is 1. The molecule has 1 rings (SSSR count). The summed E-state index contributed by atoms with van der Waals surface area (Å²) in [4.78, 5) is 11.7. The molecule has 0 atom stereocenters. The third kappa shape index (κ3) is 5.38. The first-order valence-electron chi connectivity index (χ1n) is 6.05. The van der Waals surface area contributed by atoms with Crippen molar-refractivity contribution in [2.75, 3.05) is 13.7 Å². The van der Waals surface area contributed by atoms with Gasteiger partial charge in [-0.2, -0.15) is 13.2 Å². The summed E-state index contributed by atoms with van der Waals surface area (Å²) in [7, 11) is 1.43. The molecule has 0 saturated carbocycles. The maximum Gasteiger partial charge on any atom is 0.389 e. The van der Waals surface area contributed by atoms with Gasteiger partial charge in [-0.15, -0.1) is 0 Å². The van der Waals surface area contributed by atoms with E-state index < -0.39 is 18.5 Å². The molecule has 20 heavy (non-hydrogen) atoms. The van der Waals surface area contributed by atoms with E-state index in [1.165, 1.54) is 25.3 Å². The quantitative estimate of drug-likeness (QED) is 0.792. The maximum absolute atomic E-state index is 11.9. The van der Waals surface area contributed by atoms with E-state index in [1.54, 1.807) is 0 Å². The van der Waals surface area contributed by atoms with E-state index in [0.717, 1.165) is 0 Å². The first-order chi connectivity index (χ1) is 9.33. The molecule has 0 radical (unpaired) electrons. The summed E-state index contributed by atoms with van der Waals surface area (Å²) in [6, 6.07) is 4.19. The monoisotopic (exact) mass is 291 g/mol. The fourth-order valence-electron chi connectivity index (χ4n) is 1.58. The zero-order valence-corrected chi connectivity index (χ0v) is 11.0. The fourth-order valence-corrected chi connectivity index (χ4v) is 1.58. The van der Waals surface area contributed by atoms with Crippen LogP contribution in [0, 0.1) is 0 Å². The highest BCUT2D eigenvalue weighted by molar-refractivity contribution is 5.96. The van der Waals surface area contributed by atoms with Crippen LogP contribution in [0.2, 0.25) is 0 Å². The van der Waals surface area contributed by atoms with Gasteiger partial charge in [-0.05, 0) is 25.0 Å². The van der Waals surface area contributed by atoms with Crippen molar-refractivity contribution >= 4 is 5.91 Å². The molecule has 0 fully saturated rings. The van der Waals surface area contributed by atoms with Crippen molar-refractivity contribution < 1.29 is 27.8 Å². The second-order valence-electron chi connectivity index (χ2n) is 4.21. The van der Waals surface area contributed by atoms with Crippen LogP contribution in [0.1, 0.15) is 29.6 Å². The number of carbonyl (C=O) groups is 1. The zero-order valence-electron chi connectivity index (χ0n) is 11.0. The third-order valence-electron chi connectivity index (χ3n) is 2.62. The number of methoxy groups -OCH3 is 1. The Morgan fingerprint density at radius 3 is 2.60 bits per heavy atom. The van der Waals surface area contributed by atoms with Crippen LogP contribution in [0.15, 0.2) is 18.2 Å². The number of phenolic OH excluding ortho intramolecular Hbond substituents is 1. The summed E-state index contributed by atoms with van der Waals surface area (Å²) in [6.45, 7) is 0.125. The molecule has 7 heteroatoms. The van der Waals surface area contributed by atoms with E-state index in [2.05, 4.69) is 5.32 Å². The van der Waals surface area contributed by atoms with Gasteiger partial charge in [-0.1, -0.05) is 0 Å².